The molecule has 20 heavy (non-hydrogen) atoms. The second-order valence-electron chi connectivity index (χ2n) is 4.78. The molecule has 0 saturated carbocycles. The fraction of sp³-hybridized carbons (Fsp3) is 0.250. The zero-order chi connectivity index (χ0) is 14.8. The Morgan fingerprint density at radius 1 is 1.00 bits per heavy atom. The molecular formula is C16H18ClNO2. The largest absolute Gasteiger partial charge is 0.497 e. The highest BCUT2D eigenvalue weighted by Gasteiger charge is 2.27. The molecule has 2 aromatic carbocycles. The zero-order valence-corrected chi connectivity index (χ0v) is 12.6. The number of hydrogen-bond donors (Lipinski definition) is 1. The minimum atomic E-state index is -0.678. The van der Waals surface area contributed by atoms with Crippen molar-refractivity contribution in [2.24, 2.45) is 5.73 Å². The molecule has 0 bridgehead atoms. The lowest BCUT2D eigenvalue weighted by atomic mass is 9.85. The molecule has 0 spiro atoms. The highest BCUT2D eigenvalue weighted by atomic mass is 35.5. The molecule has 0 aromatic heterocycles. The molecule has 0 aliphatic carbocycles. The predicted octanol–water partition coefficient (Wildman–Crippen LogP) is 3.58. The Balaban J connectivity index is 2.50. The minimum Gasteiger partial charge on any atom is -0.497 e. The number of ether oxygens (including phenoxy) is 2. The Morgan fingerprint density at radius 3 is 2.20 bits per heavy atom. The first-order valence-electron chi connectivity index (χ1n) is 6.26. The van der Waals surface area contributed by atoms with Gasteiger partial charge in [-0.1, -0.05) is 23.7 Å². The number of methoxy groups -OCH3 is 2. The average molecular weight is 292 g/mol. The molecule has 106 valence electrons. The van der Waals surface area contributed by atoms with Crippen molar-refractivity contribution in [2.75, 3.05) is 14.2 Å². The van der Waals surface area contributed by atoms with Crippen LogP contribution in [0.1, 0.15) is 18.1 Å². The van der Waals surface area contributed by atoms with Crippen molar-refractivity contribution >= 4 is 11.6 Å². The summed E-state index contributed by atoms with van der Waals surface area (Å²) in [6.45, 7) is 1.95. The smallest absolute Gasteiger partial charge is 0.127 e. The van der Waals surface area contributed by atoms with Crippen molar-refractivity contribution in [2.45, 2.75) is 12.5 Å². The Morgan fingerprint density at radius 2 is 1.65 bits per heavy atom. The van der Waals surface area contributed by atoms with Crippen LogP contribution in [0, 0.1) is 0 Å². The summed E-state index contributed by atoms with van der Waals surface area (Å²) in [5.74, 6) is 1.43. The first-order valence-corrected chi connectivity index (χ1v) is 6.64. The number of nitrogens with two attached hydrogens (primary N) is 1. The monoisotopic (exact) mass is 291 g/mol. The average Bonchev–Trinajstić information content (AvgIpc) is 2.46. The molecule has 4 heteroatoms. The molecular weight excluding hydrogens is 274 g/mol. The summed E-state index contributed by atoms with van der Waals surface area (Å²) in [4.78, 5) is 0. The SMILES string of the molecule is COc1ccc(C(C)(N)c2ccc(Cl)cc2)c(OC)c1. The lowest BCUT2D eigenvalue weighted by molar-refractivity contribution is 0.384. The highest BCUT2D eigenvalue weighted by Crippen LogP contribution is 2.35. The van der Waals surface area contributed by atoms with E-state index in [1.165, 1.54) is 0 Å². The van der Waals surface area contributed by atoms with E-state index in [-0.39, 0.29) is 0 Å². The van der Waals surface area contributed by atoms with Crippen molar-refractivity contribution < 1.29 is 9.47 Å². The van der Waals surface area contributed by atoms with Crippen molar-refractivity contribution in [3.05, 3.63) is 58.6 Å². The van der Waals surface area contributed by atoms with Gasteiger partial charge in [0.2, 0.25) is 0 Å². The maximum atomic E-state index is 6.51. The van der Waals surface area contributed by atoms with Gasteiger partial charge in [-0.2, -0.15) is 0 Å². The molecule has 1 unspecified atom stereocenters. The fourth-order valence-corrected chi connectivity index (χ4v) is 2.31. The van der Waals surface area contributed by atoms with Crippen LogP contribution in [0.4, 0.5) is 0 Å². The van der Waals surface area contributed by atoms with E-state index in [1.807, 2.05) is 49.4 Å². The Bertz CT molecular complexity index is 594. The minimum absolute atomic E-state index is 0.678. The van der Waals surface area contributed by atoms with Gasteiger partial charge < -0.3 is 15.2 Å². The summed E-state index contributed by atoms with van der Waals surface area (Å²) >= 11 is 5.92. The van der Waals surface area contributed by atoms with Gasteiger partial charge in [-0.3, -0.25) is 0 Å². The Labute approximate surface area is 124 Å². The third-order valence-corrected chi connectivity index (χ3v) is 3.66. The molecule has 0 aliphatic heterocycles. The Kier molecular flexibility index (Phi) is 4.21. The summed E-state index contributed by atoms with van der Waals surface area (Å²) in [6, 6.07) is 13.1. The summed E-state index contributed by atoms with van der Waals surface area (Å²) in [5, 5.41) is 0.686. The van der Waals surface area contributed by atoms with Crippen LogP contribution >= 0.6 is 11.6 Å². The molecule has 0 fully saturated rings. The van der Waals surface area contributed by atoms with Crippen LogP contribution in [0.25, 0.3) is 0 Å². The predicted molar refractivity (Wildman–Crippen MR) is 81.6 cm³/mol. The van der Waals surface area contributed by atoms with E-state index in [9.17, 15) is 0 Å². The van der Waals surface area contributed by atoms with Crippen LogP contribution in [0.15, 0.2) is 42.5 Å². The van der Waals surface area contributed by atoms with Gasteiger partial charge in [-0.25, -0.2) is 0 Å². The van der Waals surface area contributed by atoms with Crippen LogP contribution in [-0.2, 0) is 5.54 Å². The van der Waals surface area contributed by atoms with Gasteiger partial charge in [0.05, 0.1) is 19.8 Å². The van der Waals surface area contributed by atoms with Crippen LogP contribution in [-0.4, -0.2) is 14.2 Å². The van der Waals surface area contributed by atoms with E-state index in [0.717, 1.165) is 16.9 Å². The van der Waals surface area contributed by atoms with Crippen LogP contribution in [0.3, 0.4) is 0 Å². The molecule has 2 aromatic rings. The first-order chi connectivity index (χ1) is 9.48. The van der Waals surface area contributed by atoms with Crippen molar-refractivity contribution in [1.29, 1.82) is 0 Å². The second-order valence-corrected chi connectivity index (χ2v) is 5.21. The van der Waals surface area contributed by atoms with Crippen molar-refractivity contribution in [1.82, 2.24) is 0 Å². The first kappa shape index (κ1) is 14.7. The zero-order valence-electron chi connectivity index (χ0n) is 11.8. The molecule has 0 aliphatic rings. The number of benzene rings is 2. The summed E-state index contributed by atoms with van der Waals surface area (Å²) in [7, 11) is 3.24. The molecule has 0 amide bonds. The quantitative estimate of drug-likeness (QED) is 0.936. The molecule has 1 atom stereocenters. The van der Waals surface area contributed by atoms with Gasteiger partial charge >= 0.3 is 0 Å². The van der Waals surface area contributed by atoms with Crippen molar-refractivity contribution in [3.8, 4) is 11.5 Å². The van der Waals surface area contributed by atoms with E-state index in [0.29, 0.717) is 10.8 Å². The third kappa shape index (κ3) is 2.74. The summed E-state index contributed by atoms with van der Waals surface area (Å²) < 4.78 is 10.6. The Hall–Kier alpha value is -1.71. The summed E-state index contributed by atoms with van der Waals surface area (Å²) in [6.07, 6.45) is 0. The normalized spacial score (nSPS) is 13.7. The fourth-order valence-electron chi connectivity index (χ4n) is 2.18. The van der Waals surface area contributed by atoms with Gasteiger partial charge in [0, 0.05) is 16.7 Å². The molecule has 0 saturated heterocycles. The standard InChI is InChI=1S/C16H18ClNO2/c1-16(18,11-4-6-12(17)7-5-11)14-9-8-13(19-2)10-15(14)20-3/h4-10H,18H2,1-3H3. The summed E-state index contributed by atoms with van der Waals surface area (Å²) in [5.41, 5.74) is 7.69. The number of rotatable bonds is 4. The van der Waals surface area contributed by atoms with E-state index in [4.69, 9.17) is 26.8 Å². The molecule has 2 N–H and O–H groups in total. The number of halogens is 1. The lowest BCUT2D eigenvalue weighted by Crippen LogP contribution is -2.34. The maximum Gasteiger partial charge on any atom is 0.127 e. The van der Waals surface area contributed by atoms with Gasteiger partial charge in [0.15, 0.2) is 0 Å². The van der Waals surface area contributed by atoms with E-state index in [1.54, 1.807) is 14.2 Å². The lowest BCUT2D eigenvalue weighted by Gasteiger charge is -2.28. The van der Waals surface area contributed by atoms with Crippen LogP contribution < -0.4 is 15.2 Å². The van der Waals surface area contributed by atoms with Crippen molar-refractivity contribution in [3.63, 3.8) is 0 Å². The molecule has 3 nitrogen and oxygen atoms in total. The second kappa shape index (κ2) is 5.73. The van der Waals surface area contributed by atoms with Gasteiger partial charge in [-0.05, 0) is 36.8 Å². The number of hydrogen-bond acceptors (Lipinski definition) is 3. The van der Waals surface area contributed by atoms with Crippen LogP contribution in [0.2, 0.25) is 5.02 Å². The van der Waals surface area contributed by atoms with Gasteiger partial charge in [-0.15, -0.1) is 0 Å². The molecule has 0 heterocycles. The topological polar surface area (TPSA) is 44.5 Å². The van der Waals surface area contributed by atoms with E-state index < -0.39 is 5.54 Å². The van der Waals surface area contributed by atoms with Gasteiger partial charge in [0.1, 0.15) is 11.5 Å². The third-order valence-electron chi connectivity index (χ3n) is 3.41. The van der Waals surface area contributed by atoms with Gasteiger partial charge in [0.25, 0.3) is 0 Å². The van der Waals surface area contributed by atoms with E-state index in [2.05, 4.69) is 0 Å². The molecule has 2 rings (SSSR count). The highest BCUT2D eigenvalue weighted by molar-refractivity contribution is 6.30. The van der Waals surface area contributed by atoms with E-state index >= 15 is 0 Å². The molecule has 0 radical (unpaired) electrons. The maximum absolute atomic E-state index is 6.51. The van der Waals surface area contributed by atoms with Crippen LogP contribution in [0.5, 0.6) is 11.5 Å².